The number of ketones is 2. The molecule has 11 atom stereocenters. The second-order valence-corrected chi connectivity index (χ2v) is 19.0. The second-order valence-electron chi connectivity index (χ2n) is 19.0. The molecule has 3 aliphatic heterocycles. The average Bonchev–Trinajstić information content (AvgIpc) is 3.47. The van der Waals surface area contributed by atoms with E-state index in [2.05, 4.69) is 14.9 Å². The van der Waals surface area contributed by atoms with Gasteiger partial charge in [-0.25, -0.2) is 14.0 Å². The van der Waals surface area contributed by atoms with Gasteiger partial charge in [0.25, 0.3) is 5.67 Å². The summed E-state index contributed by atoms with van der Waals surface area (Å²) in [6.45, 7) is 11.4. The van der Waals surface area contributed by atoms with Gasteiger partial charge >= 0.3 is 12.1 Å². The van der Waals surface area contributed by atoms with Gasteiger partial charge in [-0.05, 0) is 111 Å². The number of halogens is 1. The zero-order valence-electron chi connectivity index (χ0n) is 37.6. The van der Waals surface area contributed by atoms with Crippen molar-refractivity contribution in [2.45, 2.75) is 166 Å². The van der Waals surface area contributed by atoms with Crippen LogP contribution >= 0.6 is 0 Å². The number of aromatic hydroxyl groups is 1. The number of ether oxygens (including phenoxy) is 5. The number of aromatic nitrogens is 2. The van der Waals surface area contributed by atoms with Crippen LogP contribution in [0.2, 0.25) is 0 Å². The molecule has 1 saturated carbocycles. The van der Waals surface area contributed by atoms with E-state index in [9.17, 15) is 24.3 Å². The Morgan fingerprint density at radius 2 is 1.72 bits per heavy atom. The quantitative estimate of drug-likeness (QED) is 0.186. The van der Waals surface area contributed by atoms with Crippen LogP contribution in [0.25, 0.3) is 11.0 Å². The van der Waals surface area contributed by atoms with Gasteiger partial charge in [0.2, 0.25) is 0 Å². The van der Waals surface area contributed by atoms with E-state index in [0.29, 0.717) is 36.7 Å². The van der Waals surface area contributed by atoms with Crippen molar-refractivity contribution < 1.29 is 52.4 Å². The van der Waals surface area contributed by atoms with Crippen molar-refractivity contribution in [2.75, 3.05) is 27.8 Å². The number of aryl methyl sites for hydroxylation is 1. The maximum Gasteiger partial charge on any atom is 0.411 e. The highest BCUT2D eigenvalue weighted by atomic mass is 19.1. The summed E-state index contributed by atoms with van der Waals surface area (Å²) in [6, 6.07) is 2.74. The molecule has 0 bridgehead atoms. The smallest absolute Gasteiger partial charge is 0.411 e. The lowest BCUT2D eigenvalue weighted by atomic mass is 9.71. The third-order valence-electron chi connectivity index (χ3n) is 14.2. The lowest BCUT2D eigenvalue weighted by Gasteiger charge is -2.47. The standard InChI is InChI=1S/C46H67FN4O10/c1-11-36-45(7)40(51(43(56)61-45)32-19-30(20-32)14-12-15-33-35(52)24-49-34-16-13-17-48-38(33)34)29(5)39(53)26(2)22-46(57-10,23-27(3)41(54)44(6,47)42(55)60-36)25-58-37-21-31(50(8)9)18-28(4)59-37/h13,16-17,24,26-32,36-37,40,52H,11-12,14-15,18-23,25H2,1-10H3/t26-,27-,28-,29+,30?,31+,32?,36-,37-,40-,44+,45-,46-/m1/s1. The van der Waals surface area contributed by atoms with E-state index in [-0.39, 0.29) is 61.5 Å². The van der Waals surface area contributed by atoms with Gasteiger partial charge in [-0.1, -0.05) is 27.7 Å². The van der Waals surface area contributed by atoms with E-state index in [1.165, 1.54) is 13.3 Å². The average molecular weight is 855 g/mol. The number of fused-ring (bicyclic) bond motifs is 2. The Bertz CT molecular complexity index is 1930. The Kier molecular flexibility index (Phi) is 14.2. The summed E-state index contributed by atoms with van der Waals surface area (Å²) in [5.74, 6) is -4.62. The van der Waals surface area contributed by atoms with Crippen LogP contribution in [0.15, 0.2) is 24.5 Å². The molecular weight excluding hydrogens is 788 g/mol. The summed E-state index contributed by atoms with van der Waals surface area (Å²) < 4.78 is 47.5. The van der Waals surface area contributed by atoms with Gasteiger partial charge in [-0.3, -0.25) is 24.5 Å². The number of esters is 1. The number of hydrogen-bond acceptors (Lipinski definition) is 13. The molecule has 338 valence electrons. The highest BCUT2D eigenvalue weighted by molar-refractivity contribution is 6.07. The molecule has 2 aromatic heterocycles. The Balaban J connectivity index is 1.25. The molecule has 6 rings (SSSR count). The van der Waals surface area contributed by atoms with Crippen LogP contribution in [0.3, 0.4) is 0 Å². The van der Waals surface area contributed by atoms with Gasteiger partial charge in [0.1, 0.15) is 17.6 Å². The summed E-state index contributed by atoms with van der Waals surface area (Å²) >= 11 is 0. The van der Waals surface area contributed by atoms with E-state index >= 15 is 4.39 Å². The van der Waals surface area contributed by atoms with Crippen molar-refractivity contribution in [3.8, 4) is 5.75 Å². The highest BCUT2D eigenvalue weighted by Gasteiger charge is 2.63. The molecule has 14 nitrogen and oxygen atoms in total. The van der Waals surface area contributed by atoms with E-state index in [1.807, 2.05) is 33.2 Å². The monoisotopic (exact) mass is 854 g/mol. The molecule has 61 heavy (non-hydrogen) atoms. The SMILES string of the molecule is CC[C@H]1OC(=O)[C@@](C)(F)C(=O)[C@H](C)C[C@](CO[C@H]2C[C@@H](N(C)C)C[C@@H](C)O2)(OC)C[C@@H](C)C(=O)[C@H](C)[C@H]2N(C3CC(CCCc4c(O)cnc5cccnc45)C3)C(=O)O[C@]12C. The first-order valence-electron chi connectivity index (χ1n) is 22.1. The molecule has 5 heterocycles. The van der Waals surface area contributed by atoms with Crippen molar-refractivity contribution in [1.29, 1.82) is 0 Å². The van der Waals surface area contributed by atoms with Crippen LogP contribution in [-0.4, -0.2) is 130 Å². The molecule has 1 N–H and O–H groups in total. The molecule has 4 fully saturated rings. The third-order valence-corrected chi connectivity index (χ3v) is 14.2. The van der Waals surface area contributed by atoms with Crippen molar-refractivity contribution in [2.24, 2.45) is 23.7 Å². The van der Waals surface area contributed by atoms with Crippen molar-refractivity contribution in [3.05, 3.63) is 30.1 Å². The molecule has 1 aliphatic carbocycles. The van der Waals surface area contributed by atoms with Crippen molar-refractivity contribution in [1.82, 2.24) is 19.8 Å². The molecule has 4 aliphatic rings. The van der Waals surface area contributed by atoms with Crippen molar-refractivity contribution in [3.63, 3.8) is 0 Å². The number of cyclic esters (lactones) is 1. The number of amides is 1. The highest BCUT2D eigenvalue weighted by Crippen LogP contribution is 2.48. The number of alkyl halides is 1. The number of hydrogen-bond donors (Lipinski definition) is 1. The third kappa shape index (κ3) is 9.45. The lowest BCUT2D eigenvalue weighted by molar-refractivity contribution is -0.229. The van der Waals surface area contributed by atoms with Crippen LogP contribution in [0.1, 0.15) is 112 Å². The van der Waals surface area contributed by atoms with E-state index in [1.54, 1.807) is 45.7 Å². The summed E-state index contributed by atoms with van der Waals surface area (Å²) in [5.41, 5.74) is -3.69. The van der Waals surface area contributed by atoms with Gasteiger partial charge in [-0.15, -0.1) is 0 Å². The van der Waals surface area contributed by atoms with Gasteiger partial charge in [0.05, 0.1) is 41.6 Å². The van der Waals surface area contributed by atoms with Gasteiger partial charge < -0.3 is 33.7 Å². The molecule has 3 saturated heterocycles. The van der Waals surface area contributed by atoms with Crippen LogP contribution in [-0.2, 0) is 44.5 Å². The van der Waals surface area contributed by atoms with Crippen LogP contribution < -0.4 is 0 Å². The van der Waals surface area contributed by atoms with Gasteiger partial charge in [-0.2, -0.15) is 0 Å². The zero-order chi connectivity index (χ0) is 44.6. The Labute approximate surface area is 359 Å². The minimum absolute atomic E-state index is 0.0381. The largest absolute Gasteiger partial charge is 0.506 e. The first-order chi connectivity index (χ1) is 28.7. The number of carbonyl (C=O) groups excluding carboxylic acids is 4. The summed E-state index contributed by atoms with van der Waals surface area (Å²) in [7, 11) is 5.50. The molecular formula is C46H67FN4O10. The maximum atomic E-state index is 16.7. The molecule has 0 aromatic carbocycles. The van der Waals surface area contributed by atoms with Crippen LogP contribution in [0.4, 0.5) is 9.18 Å². The first-order valence-corrected chi connectivity index (χ1v) is 22.1. The Hall–Kier alpha value is -3.79. The fourth-order valence-corrected chi connectivity index (χ4v) is 10.7. The minimum Gasteiger partial charge on any atom is -0.506 e. The molecule has 2 aromatic rings. The van der Waals surface area contributed by atoms with E-state index < -0.39 is 70.9 Å². The minimum atomic E-state index is -3.03. The number of methoxy groups -OCH3 is 1. The second kappa shape index (κ2) is 18.5. The summed E-state index contributed by atoms with van der Waals surface area (Å²) in [6.07, 6.45) is 5.87. The fourth-order valence-electron chi connectivity index (χ4n) is 10.7. The van der Waals surface area contributed by atoms with Crippen LogP contribution in [0.5, 0.6) is 5.75 Å². The predicted molar refractivity (Wildman–Crippen MR) is 224 cm³/mol. The van der Waals surface area contributed by atoms with E-state index in [0.717, 1.165) is 31.7 Å². The molecule has 15 heteroatoms. The Morgan fingerprint density at radius 1 is 1.02 bits per heavy atom. The number of Topliss-reactive ketones (excluding diaryl/α,β-unsaturated/α-hetero) is 2. The van der Waals surface area contributed by atoms with E-state index in [4.69, 9.17) is 23.7 Å². The Morgan fingerprint density at radius 3 is 2.39 bits per heavy atom. The van der Waals surface area contributed by atoms with Gasteiger partial charge in [0, 0.05) is 55.1 Å². The lowest BCUT2D eigenvalue weighted by Crippen LogP contribution is -2.61. The maximum absolute atomic E-state index is 16.7. The summed E-state index contributed by atoms with van der Waals surface area (Å²) in [4.78, 5) is 69.2. The molecule has 1 amide bonds. The van der Waals surface area contributed by atoms with Crippen LogP contribution in [0, 0.1) is 23.7 Å². The number of pyridine rings is 2. The number of rotatable bonds is 11. The molecule has 0 unspecified atom stereocenters. The molecule has 0 radical (unpaired) electrons. The normalized spacial score (nSPS) is 37.9. The number of nitrogens with zero attached hydrogens (tertiary/aromatic N) is 4. The fraction of sp³-hybridized carbons (Fsp3) is 0.739. The molecule has 0 spiro atoms. The predicted octanol–water partition coefficient (Wildman–Crippen LogP) is 6.76. The van der Waals surface area contributed by atoms with Gasteiger partial charge in [0.15, 0.2) is 17.7 Å². The summed E-state index contributed by atoms with van der Waals surface area (Å²) in [5, 5.41) is 10.6. The first kappa shape index (κ1) is 46.7. The zero-order valence-corrected chi connectivity index (χ0v) is 37.6. The van der Waals surface area contributed by atoms with Crippen molar-refractivity contribution >= 4 is 34.7 Å². The topological polar surface area (TPSA) is 167 Å². The number of carbonyl (C=O) groups is 4.